The number of hydrogen-bond donors (Lipinski definition) is 0. The number of rotatable bonds is 7. The molecule has 0 fully saturated rings. The van der Waals surface area contributed by atoms with Gasteiger partial charge < -0.3 is 9.47 Å². The monoisotopic (exact) mass is 413 g/mol. The van der Waals surface area contributed by atoms with Gasteiger partial charge in [0.05, 0.1) is 16.6 Å². The van der Waals surface area contributed by atoms with Gasteiger partial charge in [0, 0.05) is 31.0 Å². The van der Waals surface area contributed by atoms with Gasteiger partial charge in [0.2, 0.25) is 0 Å². The summed E-state index contributed by atoms with van der Waals surface area (Å²) in [7, 11) is 0. The highest BCUT2D eigenvalue weighted by atomic mass is 35.5. The number of hydrogen-bond acceptors (Lipinski definition) is 2. The van der Waals surface area contributed by atoms with Gasteiger partial charge in [-0.1, -0.05) is 53.0 Å². The largest absolute Gasteiger partial charge is 0.329 e. The smallest absolute Gasteiger partial charge is 0.254 e. The van der Waals surface area contributed by atoms with Gasteiger partial charge in [0.15, 0.2) is 0 Å². The fourth-order valence-electron chi connectivity index (χ4n) is 2.89. The second-order valence-electron chi connectivity index (χ2n) is 6.56. The molecule has 0 aliphatic carbocycles. The molecule has 1 heterocycles. The minimum Gasteiger partial charge on any atom is -0.329 e. The Morgan fingerprint density at radius 3 is 2.61 bits per heavy atom. The van der Waals surface area contributed by atoms with E-state index in [2.05, 4.69) is 11.6 Å². The Morgan fingerprint density at radius 2 is 1.93 bits per heavy atom. The third kappa shape index (κ3) is 4.83. The molecule has 1 amide bonds. The van der Waals surface area contributed by atoms with E-state index in [0.717, 1.165) is 17.0 Å². The molecular formula is C22H21Cl2N3O. The molecule has 0 aliphatic heterocycles. The van der Waals surface area contributed by atoms with E-state index in [1.807, 2.05) is 54.1 Å². The lowest BCUT2D eigenvalue weighted by atomic mass is 10.1. The maximum absolute atomic E-state index is 12.9. The highest BCUT2D eigenvalue weighted by molar-refractivity contribution is 6.42. The quantitative estimate of drug-likeness (QED) is 0.487. The standard InChI is InChI=1S/C22H21Cl2N3O/c1-3-11-27(22(28)18-7-4-16(2)5-8-18)15-21-25-10-12-26(21)14-17-6-9-19(23)20(24)13-17/h3-10,12-13H,1,11,14-15H2,2H3. The maximum atomic E-state index is 12.9. The van der Waals surface area contributed by atoms with Crippen LogP contribution in [0.1, 0.15) is 27.3 Å². The average Bonchev–Trinajstić information content (AvgIpc) is 3.11. The van der Waals surface area contributed by atoms with Crippen molar-refractivity contribution in [3.8, 4) is 0 Å². The maximum Gasteiger partial charge on any atom is 0.254 e. The number of amides is 1. The first-order chi connectivity index (χ1) is 13.5. The van der Waals surface area contributed by atoms with Crippen LogP contribution in [0.25, 0.3) is 0 Å². The van der Waals surface area contributed by atoms with Crippen LogP contribution in [0.3, 0.4) is 0 Å². The molecule has 0 bridgehead atoms. The molecule has 0 saturated heterocycles. The molecule has 0 spiro atoms. The summed E-state index contributed by atoms with van der Waals surface area (Å²) in [5.74, 6) is 0.734. The van der Waals surface area contributed by atoms with Crippen molar-refractivity contribution in [2.45, 2.75) is 20.0 Å². The summed E-state index contributed by atoms with van der Waals surface area (Å²) < 4.78 is 2.00. The van der Waals surface area contributed by atoms with Crippen molar-refractivity contribution in [3.05, 3.63) is 100 Å². The van der Waals surface area contributed by atoms with E-state index in [1.54, 1.807) is 23.2 Å². The number of carbonyl (C=O) groups excluding carboxylic acids is 1. The molecule has 3 rings (SSSR count). The Hall–Kier alpha value is -2.56. The van der Waals surface area contributed by atoms with Crippen molar-refractivity contribution in [1.29, 1.82) is 0 Å². The molecule has 144 valence electrons. The Labute approximate surface area is 175 Å². The van der Waals surface area contributed by atoms with Gasteiger partial charge >= 0.3 is 0 Å². The van der Waals surface area contributed by atoms with E-state index < -0.39 is 0 Å². The van der Waals surface area contributed by atoms with Crippen molar-refractivity contribution in [2.24, 2.45) is 0 Å². The molecule has 2 aromatic carbocycles. The molecule has 0 aliphatic rings. The third-order valence-corrected chi connectivity index (χ3v) is 5.15. The first-order valence-corrected chi connectivity index (χ1v) is 9.64. The summed E-state index contributed by atoms with van der Waals surface area (Å²) in [6, 6.07) is 13.1. The molecular weight excluding hydrogens is 393 g/mol. The van der Waals surface area contributed by atoms with Crippen LogP contribution in [0.4, 0.5) is 0 Å². The molecule has 0 atom stereocenters. The van der Waals surface area contributed by atoms with E-state index in [-0.39, 0.29) is 5.91 Å². The summed E-state index contributed by atoms with van der Waals surface area (Å²) >= 11 is 12.1. The fraction of sp³-hybridized carbons (Fsp3) is 0.182. The highest BCUT2D eigenvalue weighted by Crippen LogP contribution is 2.23. The first-order valence-electron chi connectivity index (χ1n) is 8.88. The van der Waals surface area contributed by atoms with Crippen LogP contribution >= 0.6 is 23.2 Å². The van der Waals surface area contributed by atoms with Crippen LogP contribution in [0.2, 0.25) is 10.0 Å². The van der Waals surface area contributed by atoms with E-state index in [1.165, 1.54) is 0 Å². The lowest BCUT2D eigenvalue weighted by Gasteiger charge is -2.21. The molecule has 0 saturated carbocycles. The zero-order valence-electron chi connectivity index (χ0n) is 15.6. The fourth-order valence-corrected chi connectivity index (χ4v) is 3.22. The SMILES string of the molecule is C=CCN(Cc1nccn1Cc1ccc(Cl)c(Cl)c1)C(=O)c1ccc(C)cc1. The van der Waals surface area contributed by atoms with Crippen LogP contribution in [0.15, 0.2) is 67.5 Å². The summed E-state index contributed by atoms with van der Waals surface area (Å²) in [6.45, 7) is 7.18. The zero-order valence-corrected chi connectivity index (χ0v) is 17.1. The number of aromatic nitrogens is 2. The molecule has 0 radical (unpaired) electrons. The van der Waals surface area contributed by atoms with Crippen molar-refractivity contribution in [1.82, 2.24) is 14.5 Å². The van der Waals surface area contributed by atoms with E-state index in [9.17, 15) is 4.79 Å². The number of nitrogens with zero attached hydrogens (tertiary/aromatic N) is 3. The predicted molar refractivity (Wildman–Crippen MR) is 114 cm³/mol. The van der Waals surface area contributed by atoms with Crippen molar-refractivity contribution >= 4 is 29.1 Å². The van der Waals surface area contributed by atoms with Crippen LogP contribution < -0.4 is 0 Å². The van der Waals surface area contributed by atoms with Gasteiger partial charge in [0.1, 0.15) is 5.82 Å². The molecule has 0 unspecified atom stereocenters. The first kappa shape index (κ1) is 20.2. The second-order valence-corrected chi connectivity index (χ2v) is 7.37. The number of imidazole rings is 1. The van der Waals surface area contributed by atoms with E-state index >= 15 is 0 Å². The van der Waals surface area contributed by atoms with Gasteiger partial charge in [-0.15, -0.1) is 6.58 Å². The molecule has 28 heavy (non-hydrogen) atoms. The Morgan fingerprint density at radius 1 is 1.18 bits per heavy atom. The van der Waals surface area contributed by atoms with E-state index in [4.69, 9.17) is 23.2 Å². The van der Waals surface area contributed by atoms with Crippen LogP contribution in [-0.2, 0) is 13.1 Å². The number of aryl methyl sites for hydroxylation is 1. The van der Waals surface area contributed by atoms with E-state index in [0.29, 0.717) is 35.2 Å². The van der Waals surface area contributed by atoms with Crippen LogP contribution in [0, 0.1) is 6.92 Å². The van der Waals surface area contributed by atoms with Gasteiger partial charge in [-0.05, 0) is 36.8 Å². The summed E-state index contributed by atoms with van der Waals surface area (Å²) in [5.41, 5.74) is 2.77. The minimum absolute atomic E-state index is 0.0519. The van der Waals surface area contributed by atoms with Crippen molar-refractivity contribution in [3.63, 3.8) is 0 Å². The van der Waals surface area contributed by atoms with Gasteiger partial charge in [-0.2, -0.15) is 0 Å². The molecule has 0 N–H and O–H groups in total. The third-order valence-electron chi connectivity index (χ3n) is 4.41. The summed E-state index contributed by atoms with van der Waals surface area (Å²) in [6.07, 6.45) is 5.34. The number of halogens is 2. The molecule has 4 nitrogen and oxygen atoms in total. The minimum atomic E-state index is -0.0519. The number of benzene rings is 2. The summed E-state index contributed by atoms with van der Waals surface area (Å²) in [4.78, 5) is 19.1. The average molecular weight is 414 g/mol. The Kier molecular flexibility index (Phi) is 6.55. The lowest BCUT2D eigenvalue weighted by molar-refractivity contribution is 0.0757. The van der Waals surface area contributed by atoms with Crippen molar-refractivity contribution < 1.29 is 4.79 Å². The zero-order chi connectivity index (χ0) is 20.1. The van der Waals surface area contributed by atoms with Gasteiger partial charge in [-0.25, -0.2) is 4.98 Å². The molecule has 1 aromatic heterocycles. The summed E-state index contributed by atoms with van der Waals surface area (Å²) in [5, 5.41) is 1.04. The normalized spacial score (nSPS) is 10.7. The van der Waals surface area contributed by atoms with Gasteiger partial charge in [0.25, 0.3) is 5.91 Å². The van der Waals surface area contributed by atoms with Crippen molar-refractivity contribution in [2.75, 3.05) is 6.54 Å². The number of carbonyl (C=O) groups is 1. The van der Waals surface area contributed by atoms with Crippen LogP contribution in [-0.4, -0.2) is 26.9 Å². The topological polar surface area (TPSA) is 38.1 Å². The van der Waals surface area contributed by atoms with Gasteiger partial charge in [-0.3, -0.25) is 4.79 Å². The molecule has 3 aromatic rings. The molecule has 6 heteroatoms. The second kappa shape index (κ2) is 9.09. The van der Waals surface area contributed by atoms with Crippen LogP contribution in [0.5, 0.6) is 0 Å². The Bertz CT molecular complexity index is 980. The Balaban J connectivity index is 1.79. The predicted octanol–water partition coefficient (Wildman–Crippen LogP) is 5.38. The lowest BCUT2D eigenvalue weighted by Crippen LogP contribution is -2.32. The highest BCUT2D eigenvalue weighted by Gasteiger charge is 2.17.